The maximum atomic E-state index is 12.6. The summed E-state index contributed by atoms with van der Waals surface area (Å²) in [5, 5.41) is 1.05. The van der Waals surface area contributed by atoms with Crippen molar-refractivity contribution < 1.29 is 14.4 Å². The topological polar surface area (TPSA) is 73.5 Å². The third-order valence-electron chi connectivity index (χ3n) is 4.68. The van der Waals surface area contributed by atoms with Gasteiger partial charge in [0.25, 0.3) is 11.8 Å². The summed E-state index contributed by atoms with van der Waals surface area (Å²) in [6.45, 7) is 0.136. The fourth-order valence-electron chi connectivity index (χ4n) is 3.24. The van der Waals surface area contributed by atoms with Crippen LogP contribution in [0.2, 0.25) is 0 Å². The summed E-state index contributed by atoms with van der Waals surface area (Å²) in [5.74, 6) is -1.12. The van der Waals surface area contributed by atoms with Crippen molar-refractivity contribution in [2.45, 2.75) is 6.54 Å². The van der Waals surface area contributed by atoms with Crippen LogP contribution in [0, 0.1) is 0 Å². The number of carbonyl (C=O) groups is 3. The first kappa shape index (κ1) is 16.1. The summed E-state index contributed by atoms with van der Waals surface area (Å²) in [6.07, 6.45) is 1.87. The van der Waals surface area contributed by atoms with Gasteiger partial charge >= 0.3 is 0 Å². The molecular formula is C20H17N3O3. The second kappa shape index (κ2) is 6.15. The largest absolute Gasteiger partial charge is 0.361 e. The van der Waals surface area contributed by atoms with Crippen molar-refractivity contribution in [3.8, 4) is 0 Å². The van der Waals surface area contributed by atoms with Crippen LogP contribution in [0.4, 0.5) is 0 Å². The molecule has 0 spiro atoms. The molecule has 0 aliphatic carbocycles. The molecule has 26 heavy (non-hydrogen) atoms. The average molecular weight is 347 g/mol. The molecule has 6 heteroatoms. The minimum Gasteiger partial charge on any atom is -0.361 e. The summed E-state index contributed by atoms with van der Waals surface area (Å²) < 4.78 is 0. The predicted molar refractivity (Wildman–Crippen MR) is 96.6 cm³/mol. The number of para-hydroxylation sites is 1. The van der Waals surface area contributed by atoms with Gasteiger partial charge in [0.1, 0.15) is 6.54 Å². The molecule has 0 saturated carbocycles. The van der Waals surface area contributed by atoms with E-state index in [0.717, 1.165) is 21.4 Å². The van der Waals surface area contributed by atoms with Crippen LogP contribution >= 0.6 is 0 Å². The highest BCUT2D eigenvalue weighted by atomic mass is 16.2. The average Bonchev–Trinajstić information content (AvgIpc) is 3.17. The van der Waals surface area contributed by atoms with Gasteiger partial charge in [0.2, 0.25) is 5.91 Å². The molecule has 4 rings (SSSR count). The standard InChI is InChI=1S/C20H17N3O3/c1-22(11-13-10-21-17-9-5-4-6-14(13)17)18(24)12-23-19(25)15-7-2-3-8-16(15)20(23)26/h2-10,21H,11-12H2,1H3. The SMILES string of the molecule is CN(Cc1c[nH]c2ccccc12)C(=O)CN1C(=O)c2ccccc2C1=O. The fraction of sp³-hybridized carbons (Fsp3) is 0.150. The van der Waals surface area contributed by atoms with Gasteiger partial charge in [0, 0.05) is 30.7 Å². The van der Waals surface area contributed by atoms with Crippen LogP contribution in [0.3, 0.4) is 0 Å². The number of benzene rings is 2. The van der Waals surface area contributed by atoms with Crippen LogP contribution in [-0.4, -0.2) is 46.1 Å². The second-order valence-corrected chi connectivity index (χ2v) is 6.35. The Kier molecular flexibility index (Phi) is 3.80. The number of H-pyrrole nitrogens is 1. The Balaban J connectivity index is 1.48. The number of fused-ring (bicyclic) bond motifs is 2. The lowest BCUT2D eigenvalue weighted by Crippen LogP contribution is -2.40. The van der Waals surface area contributed by atoms with Gasteiger partial charge in [-0.1, -0.05) is 30.3 Å². The summed E-state index contributed by atoms with van der Waals surface area (Å²) in [6, 6.07) is 14.5. The number of imide groups is 1. The number of hydrogen-bond donors (Lipinski definition) is 1. The highest BCUT2D eigenvalue weighted by Crippen LogP contribution is 2.23. The van der Waals surface area contributed by atoms with Crippen LogP contribution < -0.4 is 0 Å². The van der Waals surface area contributed by atoms with Gasteiger partial charge in [0.05, 0.1) is 11.1 Å². The van der Waals surface area contributed by atoms with E-state index in [0.29, 0.717) is 17.7 Å². The number of carbonyl (C=O) groups excluding carboxylic acids is 3. The number of aromatic nitrogens is 1. The number of hydrogen-bond acceptors (Lipinski definition) is 3. The molecule has 130 valence electrons. The van der Waals surface area contributed by atoms with E-state index in [1.54, 1.807) is 31.3 Å². The molecule has 3 amide bonds. The Morgan fingerprint density at radius 2 is 1.62 bits per heavy atom. The zero-order valence-electron chi connectivity index (χ0n) is 14.2. The quantitative estimate of drug-likeness (QED) is 0.737. The Labute approximate surface area is 150 Å². The molecule has 0 atom stereocenters. The summed E-state index contributed by atoms with van der Waals surface area (Å²) in [7, 11) is 1.67. The van der Waals surface area contributed by atoms with Gasteiger partial charge in [-0.3, -0.25) is 19.3 Å². The van der Waals surface area contributed by atoms with E-state index in [1.165, 1.54) is 4.90 Å². The summed E-state index contributed by atoms with van der Waals surface area (Å²) >= 11 is 0. The van der Waals surface area contributed by atoms with E-state index in [-0.39, 0.29) is 12.5 Å². The molecule has 6 nitrogen and oxygen atoms in total. The van der Waals surface area contributed by atoms with E-state index < -0.39 is 11.8 Å². The zero-order chi connectivity index (χ0) is 18.3. The van der Waals surface area contributed by atoms with E-state index in [1.807, 2.05) is 30.5 Å². The molecule has 0 saturated heterocycles. The van der Waals surface area contributed by atoms with Crippen LogP contribution in [0.15, 0.2) is 54.7 Å². The van der Waals surface area contributed by atoms with E-state index in [9.17, 15) is 14.4 Å². The molecule has 0 radical (unpaired) electrons. The van der Waals surface area contributed by atoms with Gasteiger partial charge in [-0.25, -0.2) is 0 Å². The minimum absolute atomic E-state index is 0.259. The first-order valence-electron chi connectivity index (χ1n) is 8.30. The maximum Gasteiger partial charge on any atom is 0.262 e. The molecule has 0 unspecified atom stereocenters. The highest BCUT2D eigenvalue weighted by molar-refractivity contribution is 6.22. The Morgan fingerprint density at radius 1 is 1.00 bits per heavy atom. The van der Waals surface area contributed by atoms with Gasteiger partial charge in [-0.2, -0.15) is 0 Å². The van der Waals surface area contributed by atoms with Crippen LogP contribution in [0.1, 0.15) is 26.3 Å². The van der Waals surface area contributed by atoms with Gasteiger partial charge in [0.15, 0.2) is 0 Å². The maximum absolute atomic E-state index is 12.6. The Morgan fingerprint density at radius 3 is 2.31 bits per heavy atom. The molecular weight excluding hydrogens is 330 g/mol. The van der Waals surface area contributed by atoms with Gasteiger partial charge < -0.3 is 9.88 Å². The number of nitrogens with one attached hydrogen (secondary N) is 1. The predicted octanol–water partition coefficient (Wildman–Crippen LogP) is 2.42. The molecule has 1 aliphatic rings. The molecule has 0 bridgehead atoms. The number of aromatic amines is 1. The molecule has 1 N–H and O–H groups in total. The first-order valence-corrected chi connectivity index (χ1v) is 8.30. The molecule has 1 aromatic heterocycles. The molecule has 2 aromatic carbocycles. The van der Waals surface area contributed by atoms with Gasteiger partial charge in [-0.15, -0.1) is 0 Å². The zero-order valence-corrected chi connectivity index (χ0v) is 14.2. The molecule has 1 aliphatic heterocycles. The second-order valence-electron chi connectivity index (χ2n) is 6.35. The Bertz CT molecular complexity index is 1000. The lowest BCUT2D eigenvalue weighted by molar-refractivity contribution is -0.130. The molecule has 2 heterocycles. The first-order chi connectivity index (χ1) is 12.6. The van der Waals surface area contributed by atoms with Crippen LogP contribution in [0.5, 0.6) is 0 Å². The summed E-state index contributed by atoms with van der Waals surface area (Å²) in [5.41, 5.74) is 2.69. The molecule has 0 fully saturated rings. The van der Waals surface area contributed by atoms with Crippen molar-refractivity contribution in [3.05, 3.63) is 71.4 Å². The van der Waals surface area contributed by atoms with Crippen LogP contribution in [0.25, 0.3) is 10.9 Å². The van der Waals surface area contributed by atoms with Crippen molar-refractivity contribution in [2.24, 2.45) is 0 Å². The van der Waals surface area contributed by atoms with E-state index >= 15 is 0 Å². The number of nitrogens with zero attached hydrogens (tertiary/aromatic N) is 2. The van der Waals surface area contributed by atoms with Crippen molar-refractivity contribution in [2.75, 3.05) is 13.6 Å². The summed E-state index contributed by atoms with van der Waals surface area (Å²) in [4.78, 5) is 43.1. The number of likely N-dealkylation sites (N-methyl/N-ethyl adjacent to an activating group) is 1. The molecule has 3 aromatic rings. The van der Waals surface area contributed by atoms with Crippen molar-refractivity contribution >= 4 is 28.6 Å². The Hall–Kier alpha value is -3.41. The third kappa shape index (κ3) is 2.56. The van der Waals surface area contributed by atoms with Gasteiger partial charge in [-0.05, 0) is 23.8 Å². The smallest absolute Gasteiger partial charge is 0.262 e. The lowest BCUT2D eigenvalue weighted by atomic mass is 10.1. The highest BCUT2D eigenvalue weighted by Gasteiger charge is 2.36. The lowest BCUT2D eigenvalue weighted by Gasteiger charge is -2.20. The van der Waals surface area contributed by atoms with Crippen LogP contribution in [-0.2, 0) is 11.3 Å². The fourth-order valence-corrected chi connectivity index (χ4v) is 3.24. The monoisotopic (exact) mass is 347 g/mol. The van der Waals surface area contributed by atoms with Crippen molar-refractivity contribution in [3.63, 3.8) is 0 Å². The van der Waals surface area contributed by atoms with Crippen molar-refractivity contribution in [1.29, 1.82) is 0 Å². The minimum atomic E-state index is -0.417. The van der Waals surface area contributed by atoms with E-state index in [4.69, 9.17) is 0 Å². The van der Waals surface area contributed by atoms with Crippen molar-refractivity contribution in [1.82, 2.24) is 14.8 Å². The number of amides is 3. The third-order valence-corrected chi connectivity index (χ3v) is 4.68. The number of rotatable bonds is 4. The van der Waals surface area contributed by atoms with E-state index in [2.05, 4.69) is 4.98 Å². The normalized spacial score (nSPS) is 13.3.